The normalized spacial score (nSPS) is 12.0. The van der Waals surface area contributed by atoms with Gasteiger partial charge in [0.1, 0.15) is 0 Å². The maximum Gasteiger partial charge on any atom is 0.227 e. The van der Waals surface area contributed by atoms with Gasteiger partial charge in [0.15, 0.2) is 0 Å². The second-order valence-corrected chi connectivity index (χ2v) is 5.79. The van der Waals surface area contributed by atoms with E-state index in [1.54, 1.807) is 0 Å². The second kappa shape index (κ2) is 7.07. The number of hydrogen-bond donors (Lipinski definition) is 1. The molecule has 0 heterocycles. The van der Waals surface area contributed by atoms with Crippen LogP contribution in [-0.2, 0) is 11.2 Å². The molecule has 0 saturated heterocycles. The smallest absolute Gasteiger partial charge is 0.227 e. The van der Waals surface area contributed by atoms with Crippen LogP contribution in [0.3, 0.4) is 0 Å². The van der Waals surface area contributed by atoms with Crippen LogP contribution in [0.5, 0.6) is 0 Å². The van der Waals surface area contributed by atoms with E-state index in [1.165, 1.54) is 16.7 Å². The first-order valence-corrected chi connectivity index (χ1v) is 7.47. The van der Waals surface area contributed by atoms with Crippen LogP contribution in [0.4, 0.5) is 5.69 Å². The number of amides is 1. The van der Waals surface area contributed by atoms with E-state index in [4.69, 9.17) is 0 Å². The van der Waals surface area contributed by atoms with E-state index in [1.807, 2.05) is 51.1 Å². The Hall–Kier alpha value is -2.09. The lowest BCUT2D eigenvalue weighted by molar-refractivity contribution is -0.119. The molecule has 0 aliphatic heterocycles. The standard InChI is InChI=1S/C19H23NO/c1-14-11-15(2)13-18(12-14)20-19(21)16(3)9-10-17-7-5-4-6-8-17/h4-8,11-13,16H,9-10H2,1-3H3,(H,20,21). The number of rotatable bonds is 5. The summed E-state index contributed by atoms with van der Waals surface area (Å²) in [5, 5.41) is 3.02. The van der Waals surface area contributed by atoms with Gasteiger partial charge in [0.05, 0.1) is 0 Å². The highest BCUT2D eigenvalue weighted by Crippen LogP contribution is 2.16. The maximum absolute atomic E-state index is 12.2. The zero-order valence-corrected chi connectivity index (χ0v) is 13.0. The fraction of sp³-hybridized carbons (Fsp3) is 0.316. The maximum atomic E-state index is 12.2. The zero-order valence-electron chi connectivity index (χ0n) is 13.0. The molecular weight excluding hydrogens is 258 g/mol. The summed E-state index contributed by atoms with van der Waals surface area (Å²) >= 11 is 0. The Morgan fingerprint density at radius 1 is 1.05 bits per heavy atom. The van der Waals surface area contributed by atoms with Gasteiger partial charge in [-0.1, -0.05) is 43.3 Å². The predicted octanol–water partition coefficient (Wildman–Crippen LogP) is 4.51. The molecule has 0 bridgehead atoms. The van der Waals surface area contributed by atoms with Crippen molar-refractivity contribution in [3.05, 3.63) is 65.2 Å². The number of aryl methyl sites for hydroxylation is 3. The lowest BCUT2D eigenvalue weighted by Crippen LogP contribution is -2.21. The fourth-order valence-electron chi connectivity index (χ4n) is 2.47. The topological polar surface area (TPSA) is 29.1 Å². The molecule has 1 unspecified atom stereocenters. The van der Waals surface area contributed by atoms with Gasteiger partial charge in [0.2, 0.25) is 5.91 Å². The van der Waals surface area contributed by atoms with Crippen LogP contribution in [-0.4, -0.2) is 5.91 Å². The molecule has 2 aromatic carbocycles. The van der Waals surface area contributed by atoms with Crippen molar-refractivity contribution in [3.8, 4) is 0 Å². The Morgan fingerprint density at radius 2 is 1.67 bits per heavy atom. The molecule has 0 saturated carbocycles. The van der Waals surface area contributed by atoms with Crippen molar-refractivity contribution >= 4 is 11.6 Å². The molecule has 0 spiro atoms. The number of carbonyl (C=O) groups is 1. The zero-order chi connectivity index (χ0) is 15.2. The third-order valence-corrected chi connectivity index (χ3v) is 3.65. The van der Waals surface area contributed by atoms with E-state index in [0.29, 0.717) is 0 Å². The van der Waals surface area contributed by atoms with E-state index >= 15 is 0 Å². The molecule has 2 heteroatoms. The molecule has 0 aliphatic carbocycles. The summed E-state index contributed by atoms with van der Waals surface area (Å²) in [6.45, 7) is 6.07. The summed E-state index contributed by atoms with van der Waals surface area (Å²) < 4.78 is 0. The Bertz CT molecular complexity index is 584. The minimum Gasteiger partial charge on any atom is -0.326 e. The molecule has 1 amide bonds. The van der Waals surface area contributed by atoms with Crippen molar-refractivity contribution in [2.45, 2.75) is 33.6 Å². The lowest BCUT2D eigenvalue weighted by Gasteiger charge is -2.13. The van der Waals surface area contributed by atoms with Crippen molar-refractivity contribution in [1.82, 2.24) is 0 Å². The van der Waals surface area contributed by atoms with Gasteiger partial charge in [-0.05, 0) is 55.5 Å². The van der Waals surface area contributed by atoms with Gasteiger partial charge < -0.3 is 5.32 Å². The molecule has 110 valence electrons. The second-order valence-electron chi connectivity index (χ2n) is 5.79. The highest BCUT2D eigenvalue weighted by molar-refractivity contribution is 5.92. The summed E-state index contributed by atoms with van der Waals surface area (Å²) in [5.41, 5.74) is 4.51. The van der Waals surface area contributed by atoms with E-state index < -0.39 is 0 Å². The summed E-state index contributed by atoms with van der Waals surface area (Å²) in [6.07, 6.45) is 1.79. The summed E-state index contributed by atoms with van der Waals surface area (Å²) in [5.74, 6) is 0.0990. The molecule has 1 atom stereocenters. The van der Waals surface area contributed by atoms with Crippen molar-refractivity contribution < 1.29 is 4.79 Å². The molecule has 2 nitrogen and oxygen atoms in total. The SMILES string of the molecule is Cc1cc(C)cc(NC(=O)C(C)CCc2ccccc2)c1. The number of anilines is 1. The molecule has 21 heavy (non-hydrogen) atoms. The largest absolute Gasteiger partial charge is 0.326 e. The molecule has 0 fully saturated rings. The highest BCUT2D eigenvalue weighted by atomic mass is 16.1. The van der Waals surface area contributed by atoms with Gasteiger partial charge in [-0.25, -0.2) is 0 Å². The highest BCUT2D eigenvalue weighted by Gasteiger charge is 2.13. The first-order chi connectivity index (χ1) is 10.0. The first-order valence-electron chi connectivity index (χ1n) is 7.47. The summed E-state index contributed by atoms with van der Waals surface area (Å²) in [7, 11) is 0. The minimum atomic E-state index is 0.00558. The van der Waals surface area contributed by atoms with Crippen LogP contribution < -0.4 is 5.32 Å². The first kappa shape index (κ1) is 15.3. The number of carbonyl (C=O) groups excluding carboxylic acids is 1. The van der Waals surface area contributed by atoms with Crippen LogP contribution in [0.2, 0.25) is 0 Å². The molecular formula is C19H23NO. The Kier molecular flexibility index (Phi) is 5.15. The van der Waals surface area contributed by atoms with Gasteiger partial charge in [-0.15, -0.1) is 0 Å². The molecule has 0 aliphatic rings. The van der Waals surface area contributed by atoms with Crippen LogP contribution >= 0.6 is 0 Å². The molecule has 0 aromatic heterocycles. The van der Waals surface area contributed by atoms with E-state index in [-0.39, 0.29) is 11.8 Å². The third-order valence-electron chi connectivity index (χ3n) is 3.65. The van der Waals surface area contributed by atoms with Crippen LogP contribution in [0.25, 0.3) is 0 Å². The Balaban J connectivity index is 1.90. The molecule has 2 aromatic rings. The minimum absolute atomic E-state index is 0.00558. The molecule has 2 rings (SSSR count). The van der Waals surface area contributed by atoms with Crippen molar-refractivity contribution in [2.24, 2.45) is 5.92 Å². The number of nitrogens with one attached hydrogen (secondary N) is 1. The average molecular weight is 281 g/mol. The van der Waals surface area contributed by atoms with Gasteiger partial charge >= 0.3 is 0 Å². The van der Waals surface area contributed by atoms with Crippen molar-refractivity contribution in [3.63, 3.8) is 0 Å². The Morgan fingerprint density at radius 3 is 2.29 bits per heavy atom. The van der Waals surface area contributed by atoms with Gasteiger partial charge in [-0.2, -0.15) is 0 Å². The molecule has 0 radical (unpaired) electrons. The van der Waals surface area contributed by atoms with E-state index in [0.717, 1.165) is 18.5 Å². The van der Waals surface area contributed by atoms with Gasteiger partial charge in [-0.3, -0.25) is 4.79 Å². The lowest BCUT2D eigenvalue weighted by atomic mass is 10.00. The van der Waals surface area contributed by atoms with Crippen LogP contribution in [0.1, 0.15) is 30.0 Å². The van der Waals surface area contributed by atoms with Crippen molar-refractivity contribution in [2.75, 3.05) is 5.32 Å². The van der Waals surface area contributed by atoms with Gasteiger partial charge in [0, 0.05) is 11.6 Å². The number of benzene rings is 2. The predicted molar refractivity (Wildman–Crippen MR) is 88.5 cm³/mol. The average Bonchev–Trinajstić information content (AvgIpc) is 2.44. The quantitative estimate of drug-likeness (QED) is 0.858. The van der Waals surface area contributed by atoms with E-state index in [9.17, 15) is 4.79 Å². The monoisotopic (exact) mass is 281 g/mol. The van der Waals surface area contributed by atoms with Crippen LogP contribution in [0, 0.1) is 19.8 Å². The summed E-state index contributed by atoms with van der Waals surface area (Å²) in [6, 6.07) is 16.4. The third kappa shape index (κ3) is 4.75. The number of hydrogen-bond acceptors (Lipinski definition) is 1. The van der Waals surface area contributed by atoms with Crippen LogP contribution in [0.15, 0.2) is 48.5 Å². The van der Waals surface area contributed by atoms with E-state index in [2.05, 4.69) is 23.5 Å². The fourth-order valence-corrected chi connectivity index (χ4v) is 2.47. The Labute approximate surface area is 127 Å². The van der Waals surface area contributed by atoms with Gasteiger partial charge in [0.25, 0.3) is 0 Å². The molecule has 1 N–H and O–H groups in total. The van der Waals surface area contributed by atoms with Crippen molar-refractivity contribution in [1.29, 1.82) is 0 Å². The summed E-state index contributed by atoms with van der Waals surface area (Å²) in [4.78, 5) is 12.2.